The van der Waals surface area contributed by atoms with Gasteiger partial charge in [-0.05, 0) is 43.9 Å². The Kier molecular flexibility index (Phi) is 9.17. The van der Waals surface area contributed by atoms with Crippen molar-refractivity contribution in [3.63, 3.8) is 0 Å². The van der Waals surface area contributed by atoms with Gasteiger partial charge in [0, 0.05) is 12.1 Å². The number of carbonyl (C=O) groups is 1. The fraction of sp³-hybridized carbons (Fsp3) is 0.381. The highest BCUT2D eigenvalue weighted by molar-refractivity contribution is 5.85. The summed E-state index contributed by atoms with van der Waals surface area (Å²) >= 11 is 0. The molecule has 0 aromatic heterocycles. The molecule has 26 heavy (non-hydrogen) atoms. The van der Waals surface area contributed by atoms with E-state index in [0.717, 1.165) is 28.9 Å². The van der Waals surface area contributed by atoms with E-state index in [0.29, 0.717) is 13.0 Å². The lowest BCUT2D eigenvalue weighted by Gasteiger charge is -2.18. The fourth-order valence-electron chi connectivity index (χ4n) is 2.49. The lowest BCUT2D eigenvalue weighted by molar-refractivity contribution is -0.122. The van der Waals surface area contributed by atoms with Gasteiger partial charge in [-0.25, -0.2) is 0 Å². The summed E-state index contributed by atoms with van der Waals surface area (Å²) in [5.41, 5.74) is 9.19. The van der Waals surface area contributed by atoms with Gasteiger partial charge in [0.2, 0.25) is 5.91 Å². The molecule has 2 aromatic rings. The van der Waals surface area contributed by atoms with E-state index >= 15 is 0 Å². The Bertz CT molecular complexity index is 692. The molecule has 0 fully saturated rings. The highest BCUT2D eigenvalue weighted by Crippen LogP contribution is 2.22. The third kappa shape index (κ3) is 6.70. The van der Waals surface area contributed by atoms with E-state index < -0.39 is 6.04 Å². The molecule has 0 aliphatic carbocycles. The molecule has 2 aromatic carbocycles. The summed E-state index contributed by atoms with van der Waals surface area (Å²) in [6, 6.07) is 15.3. The number of hydrogen-bond donors (Lipinski definition) is 2. The first-order valence-corrected chi connectivity index (χ1v) is 8.83. The van der Waals surface area contributed by atoms with Crippen LogP contribution in [0, 0.1) is 6.92 Å². The normalized spacial score (nSPS) is 12.6. The average molecular weight is 377 g/mol. The highest BCUT2D eigenvalue weighted by atomic mass is 35.5. The number of benzene rings is 2. The SMILES string of the molecule is CCC(C)Oc1cc(C)ccc1CNC(=O)[C@@H](N)Cc1ccccc1.Cl. The Morgan fingerprint density at radius 3 is 2.54 bits per heavy atom. The summed E-state index contributed by atoms with van der Waals surface area (Å²) in [4.78, 5) is 12.3. The second-order valence-electron chi connectivity index (χ2n) is 6.46. The number of halogens is 1. The van der Waals surface area contributed by atoms with Gasteiger partial charge in [0.15, 0.2) is 0 Å². The van der Waals surface area contributed by atoms with Crippen molar-refractivity contribution in [3.8, 4) is 5.75 Å². The predicted molar refractivity (Wildman–Crippen MR) is 109 cm³/mol. The molecular weight excluding hydrogens is 348 g/mol. The molecular formula is C21H29ClN2O2. The molecule has 0 bridgehead atoms. The summed E-state index contributed by atoms with van der Waals surface area (Å²) in [7, 11) is 0. The van der Waals surface area contributed by atoms with Gasteiger partial charge in [-0.3, -0.25) is 4.79 Å². The summed E-state index contributed by atoms with van der Waals surface area (Å²) in [6.07, 6.45) is 1.59. The number of carbonyl (C=O) groups excluding carboxylic acids is 1. The van der Waals surface area contributed by atoms with Crippen LogP contribution in [0.2, 0.25) is 0 Å². The smallest absolute Gasteiger partial charge is 0.237 e. The minimum atomic E-state index is -0.563. The third-order valence-electron chi connectivity index (χ3n) is 4.21. The van der Waals surface area contributed by atoms with E-state index in [4.69, 9.17) is 10.5 Å². The maximum absolute atomic E-state index is 12.3. The molecule has 0 radical (unpaired) electrons. The molecule has 1 amide bonds. The standard InChI is InChI=1S/C21H28N2O2.ClH/c1-4-16(3)25-20-12-15(2)10-11-18(20)14-23-21(24)19(22)13-17-8-6-5-7-9-17;/h5-12,16,19H,4,13-14,22H2,1-3H3,(H,23,24);1H/t16?,19-;/m0./s1. The van der Waals surface area contributed by atoms with Crippen molar-refractivity contribution in [1.82, 2.24) is 5.32 Å². The Balaban J connectivity index is 0.00000338. The minimum Gasteiger partial charge on any atom is -0.490 e. The monoisotopic (exact) mass is 376 g/mol. The van der Waals surface area contributed by atoms with Gasteiger partial charge < -0.3 is 15.8 Å². The molecule has 2 atom stereocenters. The van der Waals surface area contributed by atoms with Crippen LogP contribution in [-0.2, 0) is 17.8 Å². The van der Waals surface area contributed by atoms with Gasteiger partial charge in [-0.1, -0.05) is 49.4 Å². The lowest BCUT2D eigenvalue weighted by Crippen LogP contribution is -2.41. The van der Waals surface area contributed by atoms with Crippen molar-refractivity contribution >= 4 is 18.3 Å². The van der Waals surface area contributed by atoms with Gasteiger partial charge in [-0.2, -0.15) is 0 Å². The minimum absolute atomic E-state index is 0. The van der Waals surface area contributed by atoms with Crippen LogP contribution in [-0.4, -0.2) is 18.1 Å². The summed E-state index contributed by atoms with van der Waals surface area (Å²) in [5.74, 6) is 0.671. The Morgan fingerprint density at radius 1 is 1.19 bits per heavy atom. The zero-order valence-electron chi connectivity index (χ0n) is 15.7. The molecule has 0 aliphatic rings. The van der Waals surface area contributed by atoms with Crippen molar-refractivity contribution < 1.29 is 9.53 Å². The quantitative estimate of drug-likeness (QED) is 0.736. The average Bonchev–Trinajstić information content (AvgIpc) is 2.61. The van der Waals surface area contributed by atoms with E-state index in [2.05, 4.69) is 12.2 Å². The van der Waals surface area contributed by atoms with Gasteiger partial charge in [0.25, 0.3) is 0 Å². The van der Waals surface area contributed by atoms with Crippen molar-refractivity contribution in [3.05, 3.63) is 65.2 Å². The van der Waals surface area contributed by atoms with Crippen LogP contribution in [0.15, 0.2) is 48.5 Å². The number of amides is 1. The number of aryl methyl sites for hydroxylation is 1. The number of rotatable bonds is 8. The van der Waals surface area contributed by atoms with Crippen LogP contribution in [0.25, 0.3) is 0 Å². The molecule has 0 heterocycles. The lowest BCUT2D eigenvalue weighted by atomic mass is 10.1. The molecule has 0 spiro atoms. The maximum atomic E-state index is 12.3. The van der Waals surface area contributed by atoms with E-state index in [1.54, 1.807) is 0 Å². The first kappa shape index (κ1) is 22.0. The second kappa shape index (κ2) is 10.8. The van der Waals surface area contributed by atoms with Gasteiger partial charge in [-0.15, -0.1) is 12.4 Å². The molecule has 5 heteroatoms. The van der Waals surface area contributed by atoms with E-state index in [9.17, 15) is 4.79 Å². The number of nitrogens with two attached hydrogens (primary N) is 1. The Morgan fingerprint density at radius 2 is 1.88 bits per heavy atom. The van der Waals surface area contributed by atoms with Crippen LogP contribution in [0.5, 0.6) is 5.75 Å². The van der Waals surface area contributed by atoms with Crippen LogP contribution < -0.4 is 15.8 Å². The van der Waals surface area contributed by atoms with Gasteiger partial charge in [0.05, 0.1) is 12.1 Å². The molecule has 0 aliphatic heterocycles. The van der Waals surface area contributed by atoms with Crippen molar-refractivity contribution in [2.24, 2.45) is 5.73 Å². The topological polar surface area (TPSA) is 64.3 Å². The molecule has 0 saturated carbocycles. The molecule has 0 saturated heterocycles. The first-order valence-electron chi connectivity index (χ1n) is 8.83. The fourth-order valence-corrected chi connectivity index (χ4v) is 2.49. The van der Waals surface area contributed by atoms with Gasteiger partial charge >= 0.3 is 0 Å². The Labute approximate surface area is 162 Å². The van der Waals surface area contributed by atoms with Crippen LogP contribution in [0.4, 0.5) is 0 Å². The highest BCUT2D eigenvalue weighted by Gasteiger charge is 2.15. The number of ether oxygens (including phenoxy) is 1. The zero-order valence-corrected chi connectivity index (χ0v) is 16.5. The summed E-state index contributed by atoms with van der Waals surface area (Å²) in [5, 5.41) is 2.93. The molecule has 4 nitrogen and oxygen atoms in total. The van der Waals surface area contributed by atoms with Crippen LogP contribution in [0.1, 0.15) is 37.0 Å². The first-order chi connectivity index (χ1) is 12.0. The van der Waals surface area contributed by atoms with Crippen molar-refractivity contribution in [1.29, 1.82) is 0 Å². The molecule has 2 rings (SSSR count). The molecule has 3 N–H and O–H groups in total. The summed E-state index contributed by atoms with van der Waals surface area (Å²) in [6.45, 7) is 6.57. The second-order valence-corrected chi connectivity index (χ2v) is 6.46. The van der Waals surface area contributed by atoms with Crippen molar-refractivity contribution in [2.75, 3.05) is 0 Å². The van der Waals surface area contributed by atoms with Crippen LogP contribution >= 0.6 is 12.4 Å². The van der Waals surface area contributed by atoms with E-state index in [1.807, 2.05) is 62.4 Å². The molecule has 142 valence electrons. The van der Waals surface area contributed by atoms with Gasteiger partial charge in [0.1, 0.15) is 5.75 Å². The van der Waals surface area contributed by atoms with E-state index in [-0.39, 0.29) is 24.4 Å². The van der Waals surface area contributed by atoms with Crippen molar-refractivity contribution in [2.45, 2.75) is 52.3 Å². The maximum Gasteiger partial charge on any atom is 0.237 e. The number of nitrogens with one attached hydrogen (secondary N) is 1. The third-order valence-corrected chi connectivity index (χ3v) is 4.21. The Hall–Kier alpha value is -2.04. The van der Waals surface area contributed by atoms with Crippen LogP contribution in [0.3, 0.4) is 0 Å². The summed E-state index contributed by atoms with van der Waals surface area (Å²) < 4.78 is 5.98. The van der Waals surface area contributed by atoms with E-state index in [1.165, 1.54) is 0 Å². The number of hydrogen-bond acceptors (Lipinski definition) is 3. The molecule has 1 unspecified atom stereocenters. The zero-order chi connectivity index (χ0) is 18.2. The predicted octanol–water partition coefficient (Wildman–Crippen LogP) is 3.78. The largest absolute Gasteiger partial charge is 0.490 e.